The summed E-state index contributed by atoms with van der Waals surface area (Å²) in [5, 5.41) is 14.2. The van der Waals surface area contributed by atoms with Crippen molar-refractivity contribution in [2.75, 3.05) is 12.3 Å². The largest absolute Gasteiger partial charge is 0.354 e. The van der Waals surface area contributed by atoms with E-state index in [0.29, 0.717) is 17.3 Å². The highest BCUT2D eigenvalue weighted by molar-refractivity contribution is 7.99. The van der Waals surface area contributed by atoms with Gasteiger partial charge in [0, 0.05) is 36.0 Å². The van der Waals surface area contributed by atoms with Crippen LogP contribution in [0.4, 0.5) is 5.69 Å². The molecule has 0 radical (unpaired) electrons. The third-order valence-electron chi connectivity index (χ3n) is 4.88. The third-order valence-corrected chi connectivity index (χ3v) is 6.10. The van der Waals surface area contributed by atoms with E-state index in [4.69, 9.17) is 11.6 Å². The van der Waals surface area contributed by atoms with Gasteiger partial charge >= 0.3 is 0 Å². The number of benzene rings is 2. The maximum atomic E-state index is 13.0. The minimum Gasteiger partial charge on any atom is -0.354 e. The van der Waals surface area contributed by atoms with Crippen molar-refractivity contribution >= 4 is 40.9 Å². The molecule has 0 aliphatic heterocycles. The average molecular weight is 478 g/mol. The van der Waals surface area contributed by atoms with E-state index in [1.54, 1.807) is 36.1 Å². The maximum Gasteiger partial charge on any atom is 0.269 e. The van der Waals surface area contributed by atoms with Crippen LogP contribution in [-0.2, 0) is 21.9 Å². The molecule has 0 bridgehead atoms. The molecule has 2 aromatic rings. The molecule has 0 saturated carbocycles. The summed E-state index contributed by atoms with van der Waals surface area (Å²) in [6.45, 7) is 4.63. The van der Waals surface area contributed by atoms with E-state index in [-0.39, 0.29) is 29.8 Å². The summed E-state index contributed by atoms with van der Waals surface area (Å²) in [4.78, 5) is 37.5. The molecular weight excluding hydrogens is 450 g/mol. The molecule has 0 unspecified atom stereocenters. The molecule has 0 aliphatic carbocycles. The number of rotatable bonds is 12. The Balaban J connectivity index is 2.03. The molecule has 1 N–H and O–H groups in total. The first-order valence-corrected chi connectivity index (χ1v) is 12.0. The lowest BCUT2D eigenvalue weighted by Crippen LogP contribution is -2.48. The number of unbranched alkanes of at least 4 members (excludes halogenated alkanes) is 1. The van der Waals surface area contributed by atoms with Gasteiger partial charge in [0.05, 0.1) is 10.7 Å². The van der Waals surface area contributed by atoms with Gasteiger partial charge in [-0.3, -0.25) is 19.7 Å². The number of carbonyl (C=O) groups is 2. The summed E-state index contributed by atoms with van der Waals surface area (Å²) < 4.78 is 0. The molecule has 2 aromatic carbocycles. The van der Waals surface area contributed by atoms with Crippen molar-refractivity contribution in [2.45, 2.75) is 45.0 Å². The zero-order valence-electron chi connectivity index (χ0n) is 18.3. The summed E-state index contributed by atoms with van der Waals surface area (Å²) in [7, 11) is 0. The molecule has 2 rings (SSSR count). The molecule has 0 saturated heterocycles. The van der Waals surface area contributed by atoms with Gasteiger partial charge in [-0.2, -0.15) is 0 Å². The predicted octanol–water partition coefficient (Wildman–Crippen LogP) is 4.82. The number of thioether (sulfide) groups is 1. The molecule has 7 nitrogen and oxygen atoms in total. The van der Waals surface area contributed by atoms with Crippen LogP contribution in [0.3, 0.4) is 0 Å². The fourth-order valence-corrected chi connectivity index (χ4v) is 4.09. The van der Waals surface area contributed by atoms with Gasteiger partial charge in [0.25, 0.3) is 5.69 Å². The summed E-state index contributed by atoms with van der Waals surface area (Å²) in [5.41, 5.74) is 1.77. The minimum atomic E-state index is -0.627. The van der Waals surface area contributed by atoms with E-state index in [0.717, 1.165) is 24.0 Å². The second-order valence-electron chi connectivity index (χ2n) is 7.39. The van der Waals surface area contributed by atoms with Gasteiger partial charge in [0.15, 0.2) is 0 Å². The predicted molar refractivity (Wildman–Crippen MR) is 129 cm³/mol. The van der Waals surface area contributed by atoms with Gasteiger partial charge in [-0.15, -0.1) is 11.8 Å². The van der Waals surface area contributed by atoms with Gasteiger partial charge in [-0.25, -0.2) is 0 Å². The summed E-state index contributed by atoms with van der Waals surface area (Å²) in [5.74, 6) is 0.375. The number of nitrogens with one attached hydrogen (secondary N) is 1. The van der Waals surface area contributed by atoms with Crippen LogP contribution in [0.5, 0.6) is 0 Å². The molecule has 0 aliphatic rings. The number of carbonyl (C=O) groups excluding carboxylic acids is 2. The van der Waals surface area contributed by atoms with Crippen LogP contribution in [0.15, 0.2) is 48.5 Å². The fraction of sp³-hybridized carbons (Fsp3) is 0.391. The van der Waals surface area contributed by atoms with Crippen molar-refractivity contribution in [1.82, 2.24) is 10.2 Å². The fourth-order valence-electron chi connectivity index (χ4n) is 3.00. The number of halogens is 1. The Morgan fingerprint density at radius 1 is 1.19 bits per heavy atom. The Morgan fingerprint density at radius 2 is 1.91 bits per heavy atom. The third kappa shape index (κ3) is 8.16. The van der Waals surface area contributed by atoms with Gasteiger partial charge in [0.2, 0.25) is 11.8 Å². The molecule has 0 spiro atoms. The van der Waals surface area contributed by atoms with Crippen LogP contribution in [-0.4, -0.2) is 40.0 Å². The molecule has 2 amide bonds. The van der Waals surface area contributed by atoms with Crippen molar-refractivity contribution in [2.24, 2.45) is 0 Å². The van der Waals surface area contributed by atoms with Crippen molar-refractivity contribution in [3.8, 4) is 0 Å². The van der Waals surface area contributed by atoms with E-state index in [2.05, 4.69) is 5.32 Å². The van der Waals surface area contributed by atoms with Crippen molar-refractivity contribution in [3.05, 3.63) is 74.8 Å². The molecule has 172 valence electrons. The first kappa shape index (κ1) is 25.7. The lowest BCUT2D eigenvalue weighted by atomic mass is 10.1. The molecule has 0 aromatic heterocycles. The van der Waals surface area contributed by atoms with Crippen molar-refractivity contribution in [3.63, 3.8) is 0 Å². The number of non-ortho nitro benzene ring substituents is 1. The zero-order chi connectivity index (χ0) is 23.5. The van der Waals surface area contributed by atoms with Crippen molar-refractivity contribution < 1.29 is 14.5 Å². The lowest BCUT2D eigenvalue weighted by Gasteiger charge is -2.29. The van der Waals surface area contributed by atoms with E-state index >= 15 is 0 Å². The molecular formula is C23H28ClN3O4S. The standard InChI is InChI=1S/C23H28ClN3O4S/c1-3-4-12-25-23(29)17(2)26(14-19-6-5-7-20(24)13-19)22(28)16-32-15-18-8-10-21(11-9-18)27(30)31/h5-11,13,17H,3-4,12,14-16H2,1-2H3,(H,25,29)/t17-/m0/s1. The van der Waals surface area contributed by atoms with Crippen LogP contribution < -0.4 is 5.32 Å². The quantitative estimate of drug-likeness (QED) is 0.269. The number of nitro groups is 1. The van der Waals surface area contributed by atoms with Crippen LogP contribution in [0, 0.1) is 10.1 Å². The van der Waals surface area contributed by atoms with Crippen LogP contribution in [0.25, 0.3) is 0 Å². The molecule has 0 fully saturated rings. The van der Waals surface area contributed by atoms with Gasteiger partial charge in [-0.05, 0) is 36.6 Å². The van der Waals surface area contributed by atoms with Crippen LogP contribution in [0.1, 0.15) is 37.8 Å². The van der Waals surface area contributed by atoms with Gasteiger partial charge in [-0.1, -0.05) is 49.2 Å². The summed E-state index contributed by atoms with van der Waals surface area (Å²) in [6, 6.07) is 12.9. The number of hydrogen-bond acceptors (Lipinski definition) is 5. The van der Waals surface area contributed by atoms with Crippen molar-refractivity contribution in [1.29, 1.82) is 0 Å². The first-order chi connectivity index (χ1) is 15.3. The SMILES string of the molecule is CCCCNC(=O)[C@H](C)N(Cc1cccc(Cl)c1)C(=O)CSCc1ccc([N+](=O)[O-])cc1. The number of amides is 2. The Kier molecular flexibility index (Phi) is 10.5. The molecule has 0 heterocycles. The van der Waals surface area contributed by atoms with E-state index in [9.17, 15) is 19.7 Å². The zero-order valence-corrected chi connectivity index (χ0v) is 19.8. The van der Waals surface area contributed by atoms with Crippen LogP contribution >= 0.6 is 23.4 Å². The van der Waals surface area contributed by atoms with Crippen LogP contribution in [0.2, 0.25) is 5.02 Å². The van der Waals surface area contributed by atoms with Gasteiger partial charge < -0.3 is 10.2 Å². The van der Waals surface area contributed by atoms with E-state index in [1.165, 1.54) is 23.9 Å². The highest BCUT2D eigenvalue weighted by Crippen LogP contribution is 2.19. The smallest absolute Gasteiger partial charge is 0.269 e. The summed E-state index contributed by atoms with van der Waals surface area (Å²) >= 11 is 7.49. The lowest BCUT2D eigenvalue weighted by molar-refractivity contribution is -0.384. The maximum absolute atomic E-state index is 13.0. The highest BCUT2D eigenvalue weighted by Gasteiger charge is 2.26. The Morgan fingerprint density at radius 3 is 2.53 bits per heavy atom. The number of nitrogens with zero attached hydrogens (tertiary/aromatic N) is 2. The second kappa shape index (κ2) is 13.1. The topological polar surface area (TPSA) is 92.6 Å². The first-order valence-electron chi connectivity index (χ1n) is 10.4. The minimum absolute atomic E-state index is 0.0328. The highest BCUT2D eigenvalue weighted by atomic mass is 35.5. The number of nitro benzene ring substituents is 1. The average Bonchev–Trinajstić information content (AvgIpc) is 2.77. The summed E-state index contributed by atoms with van der Waals surface area (Å²) in [6.07, 6.45) is 1.85. The van der Waals surface area contributed by atoms with Gasteiger partial charge in [0.1, 0.15) is 6.04 Å². The Labute approximate surface area is 197 Å². The normalized spacial score (nSPS) is 11.6. The number of hydrogen-bond donors (Lipinski definition) is 1. The monoisotopic (exact) mass is 477 g/mol. The molecule has 1 atom stereocenters. The van der Waals surface area contributed by atoms with E-state index in [1.807, 2.05) is 19.1 Å². The molecule has 9 heteroatoms. The molecule has 32 heavy (non-hydrogen) atoms. The second-order valence-corrected chi connectivity index (χ2v) is 8.81. The van der Waals surface area contributed by atoms with E-state index < -0.39 is 11.0 Å². The Bertz CT molecular complexity index is 924. The Hall–Kier alpha value is -2.58.